The van der Waals surface area contributed by atoms with Crippen molar-refractivity contribution in [1.82, 2.24) is 4.90 Å². The summed E-state index contributed by atoms with van der Waals surface area (Å²) in [6, 6.07) is 4.55. The Labute approximate surface area is 108 Å². The lowest BCUT2D eigenvalue weighted by molar-refractivity contribution is 0.100. The van der Waals surface area contributed by atoms with Gasteiger partial charge in [0.05, 0.1) is 6.61 Å². The van der Waals surface area contributed by atoms with Crippen molar-refractivity contribution in [1.29, 1.82) is 0 Å². The summed E-state index contributed by atoms with van der Waals surface area (Å²) < 4.78 is 18.9. The molecule has 0 aromatic heterocycles. The average molecular weight is 255 g/mol. The van der Waals surface area contributed by atoms with E-state index in [9.17, 15) is 9.50 Å². The molecule has 3 nitrogen and oxygen atoms in total. The van der Waals surface area contributed by atoms with E-state index in [2.05, 4.69) is 18.7 Å². The number of phenols is 1. The SMILES string of the molecule is COCCN(C(C)C)C(C)c1ccc(O)cc1F. The van der Waals surface area contributed by atoms with Crippen LogP contribution in [0.1, 0.15) is 32.4 Å². The van der Waals surface area contributed by atoms with Crippen molar-refractivity contribution < 1.29 is 14.2 Å². The summed E-state index contributed by atoms with van der Waals surface area (Å²) in [4.78, 5) is 2.17. The Balaban J connectivity index is 2.90. The molecule has 1 aromatic carbocycles. The number of phenolic OH excluding ortho intramolecular Hbond substituents is 1. The summed E-state index contributed by atoms with van der Waals surface area (Å²) in [5, 5.41) is 9.23. The van der Waals surface area contributed by atoms with E-state index in [-0.39, 0.29) is 17.6 Å². The Bertz CT molecular complexity index is 382. The highest BCUT2D eigenvalue weighted by Crippen LogP contribution is 2.26. The fourth-order valence-corrected chi connectivity index (χ4v) is 2.13. The molecule has 0 heterocycles. The second-order valence-electron chi connectivity index (χ2n) is 4.71. The van der Waals surface area contributed by atoms with Crippen LogP contribution in [0.25, 0.3) is 0 Å². The van der Waals surface area contributed by atoms with Crippen LogP contribution in [0.5, 0.6) is 5.75 Å². The van der Waals surface area contributed by atoms with Gasteiger partial charge in [-0.2, -0.15) is 0 Å². The van der Waals surface area contributed by atoms with Crippen molar-refractivity contribution in [3.05, 3.63) is 29.6 Å². The largest absolute Gasteiger partial charge is 0.508 e. The Hall–Kier alpha value is -1.13. The summed E-state index contributed by atoms with van der Waals surface area (Å²) in [5.74, 6) is -0.415. The van der Waals surface area contributed by atoms with Crippen molar-refractivity contribution in [2.45, 2.75) is 32.9 Å². The molecule has 0 amide bonds. The Morgan fingerprint density at radius 1 is 1.33 bits per heavy atom. The third-order valence-electron chi connectivity index (χ3n) is 3.15. The second kappa shape index (κ2) is 6.71. The van der Waals surface area contributed by atoms with Crippen LogP contribution in [0, 0.1) is 5.82 Å². The first-order chi connectivity index (χ1) is 8.47. The van der Waals surface area contributed by atoms with Gasteiger partial charge in [-0.3, -0.25) is 4.90 Å². The maximum absolute atomic E-state index is 13.8. The maximum Gasteiger partial charge on any atom is 0.131 e. The Morgan fingerprint density at radius 3 is 2.50 bits per heavy atom. The zero-order chi connectivity index (χ0) is 13.7. The molecule has 1 aromatic rings. The average Bonchev–Trinajstić information content (AvgIpc) is 2.28. The monoisotopic (exact) mass is 255 g/mol. The molecular weight excluding hydrogens is 233 g/mol. The molecular formula is C14H22FNO2. The number of ether oxygens (including phenoxy) is 1. The molecule has 1 unspecified atom stereocenters. The third kappa shape index (κ3) is 3.68. The standard InChI is InChI=1S/C14H22FNO2/c1-10(2)16(7-8-18-4)11(3)13-6-5-12(17)9-14(13)15/h5-6,9-11,17H,7-8H2,1-4H3. The lowest BCUT2D eigenvalue weighted by Gasteiger charge is -2.33. The molecule has 0 aliphatic carbocycles. The molecule has 0 saturated heterocycles. The fourth-order valence-electron chi connectivity index (χ4n) is 2.13. The molecule has 0 spiro atoms. The highest BCUT2D eigenvalue weighted by atomic mass is 19.1. The summed E-state index contributed by atoms with van der Waals surface area (Å²) in [6.45, 7) is 7.47. The summed E-state index contributed by atoms with van der Waals surface area (Å²) in [6.07, 6.45) is 0. The lowest BCUT2D eigenvalue weighted by atomic mass is 10.0. The van der Waals surface area contributed by atoms with Crippen molar-refractivity contribution in [3.8, 4) is 5.75 Å². The minimum atomic E-state index is -0.370. The molecule has 1 atom stereocenters. The van der Waals surface area contributed by atoms with E-state index in [0.717, 1.165) is 12.6 Å². The van der Waals surface area contributed by atoms with Crippen molar-refractivity contribution in [2.75, 3.05) is 20.3 Å². The number of rotatable bonds is 6. The number of hydrogen-bond donors (Lipinski definition) is 1. The number of nitrogens with zero attached hydrogens (tertiary/aromatic N) is 1. The second-order valence-corrected chi connectivity index (χ2v) is 4.71. The van der Waals surface area contributed by atoms with Gasteiger partial charge >= 0.3 is 0 Å². The topological polar surface area (TPSA) is 32.7 Å². The van der Waals surface area contributed by atoms with Gasteiger partial charge in [0.2, 0.25) is 0 Å². The van der Waals surface area contributed by atoms with E-state index in [1.54, 1.807) is 13.2 Å². The van der Waals surface area contributed by atoms with E-state index in [4.69, 9.17) is 4.74 Å². The predicted molar refractivity (Wildman–Crippen MR) is 70.2 cm³/mol. The zero-order valence-corrected chi connectivity index (χ0v) is 11.5. The minimum Gasteiger partial charge on any atom is -0.508 e. The van der Waals surface area contributed by atoms with E-state index >= 15 is 0 Å². The Kier molecular flexibility index (Phi) is 5.56. The van der Waals surface area contributed by atoms with Crippen LogP contribution < -0.4 is 0 Å². The molecule has 0 aliphatic rings. The van der Waals surface area contributed by atoms with Crippen molar-refractivity contribution >= 4 is 0 Å². The molecule has 0 bridgehead atoms. The zero-order valence-electron chi connectivity index (χ0n) is 11.5. The van der Waals surface area contributed by atoms with Gasteiger partial charge in [-0.15, -0.1) is 0 Å². The number of hydrogen-bond acceptors (Lipinski definition) is 3. The van der Waals surface area contributed by atoms with E-state index in [0.29, 0.717) is 18.2 Å². The van der Waals surface area contributed by atoms with Gasteiger partial charge < -0.3 is 9.84 Å². The van der Waals surface area contributed by atoms with Gasteiger partial charge in [-0.1, -0.05) is 6.07 Å². The highest BCUT2D eigenvalue weighted by molar-refractivity contribution is 5.29. The van der Waals surface area contributed by atoms with Gasteiger partial charge in [0.25, 0.3) is 0 Å². The number of aromatic hydroxyl groups is 1. The van der Waals surface area contributed by atoms with Crippen LogP contribution in [0.15, 0.2) is 18.2 Å². The molecule has 0 aliphatic heterocycles. The van der Waals surface area contributed by atoms with Gasteiger partial charge in [0.15, 0.2) is 0 Å². The molecule has 18 heavy (non-hydrogen) atoms. The Morgan fingerprint density at radius 2 is 2.00 bits per heavy atom. The maximum atomic E-state index is 13.8. The van der Waals surface area contributed by atoms with Gasteiger partial charge in [-0.25, -0.2) is 4.39 Å². The fraction of sp³-hybridized carbons (Fsp3) is 0.571. The first kappa shape index (κ1) is 14.9. The van der Waals surface area contributed by atoms with E-state index in [1.165, 1.54) is 6.07 Å². The first-order valence-electron chi connectivity index (χ1n) is 6.20. The smallest absolute Gasteiger partial charge is 0.131 e. The van der Waals surface area contributed by atoms with Crippen molar-refractivity contribution in [3.63, 3.8) is 0 Å². The highest BCUT2D eigenvalue weighted by Gasteiger charge is 2.21. The quantitative estimate of drug-likeness (QED) is 0.848. The van der Waals surface area contributed by atoms with Gasteiger partial charge in [-0.05, 0) is 26.8 Å². The van der Waals surface area contributed by atoms with Crippen LogP contribution in [0.4, 0.5) is 4.39 Å². The molecule has 4 heteroatoms. The number of benzene rings is 1. The van der Waals surface area contributed by atoms with Crippen LogP contribution in [0.3, 0.4) is 0 Å². The van der Waals surface area contributed by atoms with E-state index < -0.39 is 0 Å². The van der Waals surface area contributed by atoms with Crippen molar-refractivity contribution in [2.24, 2.45) is 0 Å². The van der Waals surface area contributed by atoms with E-state index in [1.807, 2.05) is 6.92 Å². The van der Waals surface area contributed by atoms with Crippen LogP contribution in [0.2, 0.25) is 0 Å². The lowest BCUT2D eigenvalue weighted by Crippen LogP contribution is -2.36. The van der Waals surface area contributed by atoms with Crippen LogP contribution >= 0.6 is 0 Å². The number of methoxy groups -OCH3 is 1. The van der Waals surface area contributed by atoms with Gasteiger partial charge in [0, 0.05) is 37.4 Å². The molecule has 0 radical (unpaired) electrons. The summed E-state index contributed by atoms with van der Waals surface area (Å²) in [7, 11) is 1.66. The minimum absolute atomic E-state index is 0.0450. The summed E-state index contributed by atoms with van der Waals surface area (Å²) in [5.41, 5.74) is 0.595. The van der Waals surface area contributed by atoms with Crippen LogP contribution in [-0.2, 0) is 4.74 Å². The van der Waals surface area contributed by atoms with Gasteiger partial charge in [0.1, 0.15) is 11.6 Å². The molecule has 0 fully saturated rings. The molecule has 1 rings (SSSR count). The normalized spacial score (nSPS) is 13.3. The molecule has 1 N–H and O–H groups in total. The predicted octanol–water partition coefficient (Wildman–Crippen LogP) is 2.95. The first-order valence-corrected chi connectivity index (χ1v) is 6.20. The van der Waals surface area contributed by atoms with Crippen LogP contribution in [-0.4, -0.2) is 36.3 Å². The molecule has 102 valence electrons. The molecule has 0 saturated carbocycles. The number of halogens is 1. The third-order valence-corrected chi connectivity index (χ3v) is 3.15. The summed E-state index contributed by atoms with van der Waals surface area (Å²) >= 11 is 0.